The van der Waals surface area contributed by atoms with Gasteiger partial charge in [0.1, 0.15) is 0 Å². The van der Waals surface area contributed by atoms with E-state index in [1.54, 1.807) is 6.20 Å². The van der Waals surface area contributed by atoms with Gasteiger partial charge in [-0.3, -0.25) is 0 Å². The Bertz CT molecular complexity index is 330. The van der Waals surface area contributed by atoms with Crippen LogP contribution in [-0.4, -0.2) is 0 Å². The molecule has 0 radical (unpaired) electrons. The first kappa shape index (κ1) is 7.35. The Morgan fingerprint density at radius 3 is 2.70 bits per heavy atom. The van der Waals surface area contributed by atoms with Gasteiger partial charge in [0.05, 0.1) is 0 Å². The molecular weight excluding hydrogens is 190 g/mol. The highest BCUT2D eigenvalue weighted by atomic mass is 79.9. The zero-order chi connectivity index (χ0) is 7.56. The molecule has 0 aliphatic rings. The average molecular weight is 198 g/mol. The van der Waals surface area contributed by atoms with E-state index in [1.807, 2.05) is 18.2 Å². The first-order valence-corrected chi connectivity index (χ1v) is 3.70. The monoisotopic (exact) mass is 197 g/mol. The Morgan fingerprint density at radius 2 is 2.20 bits per heavy atom. The third kappa shape index (κ3) is 1.39. The van der Waals surface area contributed by atoms with Crippen LogP contribution < -0.4 is 16.2 Å². The summed E-state index contributed by atoms with van der Waals surface area (Å²) in [7, 11) is 0. The fraction of sp³-hybridized carbons (Fsp3) is 0. The van der Waals surface area contributed by atoms with E-state index < -0.39 is 0 Å². The fourth-order valence-corrected chi connectivity index (χ4v) is 1.15. The lowest BCUT2D eigenvalue weighted by Gasteiger charge is -1.88. The van der Waals surface area contributed by atoms with Crippen molar-refractivity contribution in [3.63, 3.8) is 0 Å². The van der Waals surface area contributed by atoms with E-state index in [-0.39, 0.29) is 0 Å². The molecule has 1 rings (SSSR count). The van der Waals surface area contributed by atoms with Crippen molar-refractivity contribution in [2.45, 2.75) is 0 Å². The number of nitrogens with two attached hydrogens (primary N) is 1. The van der Waals surface area contributed by atoms with Crippen LogP contribution in [0.15, 0.2) is 22.7 Å². The van der Waals surface area contributed by atoms with E-state index in [2.05, 4.69) is 22.5 Å². The normalized spacial score (nSPS) is 11.9. The molecule has 1 aromatic carbocycles. The van der Waals surface area contributed by atoms with Crippen molar-refractivity contribution in [2.24, 2.45) is 5.73 Å². The summed E-state index contributed by atoms with van der Waals surface area (Å²) in [6, 6.07) is 5.79. The molecule has 2 heteroatoms. The summed E-state index contributed by atoms with van der Waals surface area (Å²) >= 11 is 3.33. The van der Waals surface area contributed by atoms with Crippen LogP contribution in [0.4, 0.5) is 0 Å². The number of rotatable bonds is 0. The van der Waals surface area contributed by atoms with Crippen molar-refractivity contribution < 1.29 is 0 Å². The summed E-state index contributed by atoms with van der Waals surface area (Å²) in [6.07, 6.45) is 1.55. The lowest BCUT2D eigenvalue weighted by Crippen LogP contribution is -2.23. The molecule has 0 heterocycles. The number of hydrogen-bond acceptors (Lipinski definition) is 1. The minimum absolute atomic E-state index is 0.942. The lowest BCUT2D eigenvalue weighted by molar-refractivity contribution is 1.48. The van der Waals surface area contributed by atoms with Crippen molar-refractivity contribution in [1.29, 1.82) is 0 Å². The summed E-state index contributed by atoms with van der Waals surface area (Å²) in [5.74, 6) is 0. The van der Waals surface area contributed by atoms with Gasteiger partial charge >= 0.3 is 0 Å². The highest BCUT2D eigenvalue weighted by molar-refractivity contribution is 9.10. The molecule has 0 atom stereocenters. The van der Waals surface area contributed by atoms with Gasteiger partial charge < -0.3 is 5.73 Å². The van der Waals surface area contributed by atoms with Gasteiger partial charge in [0, 0.05) is 10.7 Å². The molecule has 0 aromatic heterocycles. The maximum absolute atomic E-state index is 5.32. The second kappa shape index (κ2) is 2.88. The van der Waals surface area contributed by atoms with Crippen LogP contribution in [0.5, 0.6) is 0 Å². The summed E-state index contributed by atoms with van der Waals surface area (Å²) in [5.41, 5.74) is 5.32. The topological polar surface area (TPSA) is 26.0 Å². The second-order valence-corrected chi connectivity index (χ2v) is 2.93. The van der Waals surface area contributed by atoms with E-state index in [1.165, 1.54) is 0 Å². The molecule has 0 saturated carbocycles. The first-order chi connectivity index (χ1) is 4.74. The summed E-state index contributed by atoms with van der Waals surface area (Å²) in [5, 5.41) is 1.92. The molecule has 2 N–H and O–H groups in total. The Kier molecular flexibility index (Phi) is 2.12. The standard InChI is InChI=1S/C8H8BrN/c1-6-4-8(9)3-2-7(6)5-10/h2-5H,1,10H2/b7-5-. The van der Waals surface area contributed by atoms with Crippen LogP contribution in [-0.2, 0) is 0 Å². The van der Waals surface area contributed by atoms with Crippen molar-refractivity contribution >= 4 is 28.7 Å². The van der Waals surface area contributed by atoms with Gasteiger partial charge in [0.2, 0.25) is 0 Å². The van der Waals surface area contributed by atoms with E-state index in [9.17, 15) is 0 Å². The smallest absolute Gasteiger partial charge is 0.0181 e. The van der Waals surface area contributed by atoms with Gasteiger partial charge in [-0.25, -0.2) is 0 Å². The zero-order valence-electron chi connectivity index (χ0n) is 5.47. The summed E-state index contributed by atoms with van der Waals surface area (Å²) in [4.78, 5) is 0. The van der Waals surface area contributed by atoms with E-state index in [0.29, 0.717) is 0 Å². The van der Waals surface area contributed by atoms with E-state index in [0.717, 1.165) is 14.9 Å². The van der Waals surface area contributed by atoms with Crippen molar-refractivity contribution in [2.75, 3.05) is 0 Å². The first-order valence-electron chi connectivity index (χ1n) is 2.90. The molecule has 1 nitrogen and oxygen atoms in total. The quantitative estimate of drug-likeness (QED) is 0.647. The fourth-order valence-electron chi connectivity index (χ4n) is 0.737. The van der Waals surface area contributed by atoms with Gasteiger partial charge in [0.15, 0.2) is 0 Å². The molecule has 0 saturated heterocycles. The predicted molar refractivity (Wildman–Crippen MR) is 47.6 cm³/mol. The van der Waals surface area contributed by atoms with Crippen molar-refractivity contribution in [3.05, 3.63) is 33.1 Å². The van der Waals surface area contributed by atoms with Gasteiger partial charge in [0.25, 0.3) is 0 Å². The van der Waals surface area contributed by atoms with Crippen LogP contribution >= 0.6 is 15.9 Å². The third-order valence-corrected chi connectivity index (χ3v) is 1.78. The molecule has 0 fully saturated rings. The molecular formula is C8H8BrN. The van der Waals surface area contributed by atoms with Crippen molar-refractivity contribution in [1.82, 2.24) is 0 Å². The minimum Gasteiger partial charge on any atom is -0.404 e. The molecule has 10 heavy (non-hydrogen) atoms. The number of hydrogen-bond donors (Lipinski definition) is 1. The molecule has 0 bridgehead atoms. The molecule has 0 amide bonds. The molecule has 52 valence electrons. The maximum Gasteiger partial charge on any atom is 0.0181 e. The average Bonchev–Trinajstić information content (AvgIpc) is 1.88. The van der Waals surface area contributed by atoms with Crippen LogP contribution in [0.2, 0.25) is 0 Å². The third-order valence-electron chi connectivity index (χ3n) is 1.28. The highest BCUT2D eigenvalue weighted by Gasteiger charge is 1.83. The van der Waals surface area contributed by atoms with Gasteiger partial charge in [-0.15, -0.1) is 0 Å². The number of benzene rings is 1. The Balaban J connectivity index is 3.50. The van der Waals surface area contributed by atoms with Gasteiger partial charge in [-0.2, -0.15) is 0 Å². The minimum atomic E-state index is 0.942. The largest absolute Gasteiger partial charge is 0.404 e. The highest BCUT2D eigenvalue weighted by Crippen LogP contribution is 2.00. The molecule has 0 unspecified atom stereocenters. The maximum atomic E-state index is 5.32. The Labute approximate surface area is 68.0 Å². The lowest BCUT2D eigenvalue weighted by atomic mass is 10.3. The summed E-state index contributed by atoms with van der Waals surface area (Å²) in [6.45, 7) is 3.81. The van der Waals surface area contributed by atoms with Crippen LogP contribution in [0.25, 0.3) is 12.8 Å². The van der Waals surface area contributed by atoms with Gasteiger partial charge in [-0.05, 0) is 22.6 Å². The van der Waals surface area contributed by atoms with Gasteiger partial charge in [-0.1, -0.05) is 28.6 Å². The van der Waals surface area contributed by atoms with Crippen LogP contribution in [0.3, 0.4) is 0 Å². The SMILES string of the molecule is C=c1cc(Br)cc/c1=C/N. The molecule has 0 aliphatic carbocycles. The Hall–Kier alpha value is -0.760. The van der Waals surface area contributed by atoms with E-state index >= 15 is 0 Å². The summed E-state index contributed by atoms with van der Waals surface area (Å²) < 4.78 is 1.03. The number of halogens is 1. The zero-order valence-corrected chi connectivity index (χ0v) is 7.06. The Morgan fingerprint density at radius 1 is 1.50 bits per heavy atom. The van der Waals surface area contributed by atoms with Crippen molar-refractivity contribution in [3.8, 4) is 0 Å². The predicted octanol–water partition coefficient (Wildman–Crippen LogP) is 0.556. The molecule has 0 aliphatic heterocycles. The van der Waals surface area contributed by atoms with Crippen LogP contribution in [0, 0.1) is 0 Å². The molecule has 1 aromatic rings. The second-order valence-electron chi connectivity index (χ2n) is 2.01. The van der Waals surface area contributed by atoms with Crippen LogP contribution in [0.1, 0.15) is 0 Å². The van der Waals surface area contributed by atoms with E-state index in [4.69, 9.17) is 5.73 Å². The molecule has 0 spiro atoms.